The minimum atomic E-state index is 0. The van der Waals surface area contributed by atoms with Gasteiger partial charge >= 0.3 is 0 Å². The van der Waals surface area contributed by atoms with Crippen molar-refractivity contribution < 1.29 is 4.42 Å². The van der Waals surface area contributed by atoms with Crippen LogP contribution in [0.5, 0.6) is 0 Å². The van der Waals surface area contributed by atoms with Crippen LogP contribution in [0.3, 0.4) is 0 Å². The van der Waals surface area contributed by atoms with Crippen molar-refractivity contribution in [1.29, 1.82) is 0 Å². The molecule has 0 amide bonds. The van der Waals surface area contributed by atoms with Crippen molar-refractivity contribution in [3.8, 4) is 11.5 Å². The number of oxazole rings is 1. The minimum absolute atomic E-state index is 0. The molecule has 2 rings (SSSR count). The van der Waals surface area contributed by atoms with Crippen LogP contribution in [0.2, 0.25) is 0 Å². The van der Waals surface area contributed by atoms with Crippen LogP contribution in [0.1, 0.15) is 31.5 Å². The molecule has 0 bridgehead atoms. The summed E-state index contributed by atoms with van der Waals surface area (Å²) in [6.07, 6.45) is 2.78. The number of hydrogen-bond acceptors (Lipinski definition) is 4. The van der Waals surface area contributed by atoms with Gasteiger partial charge in [0.2, 0.25) is 5.89 Å². The molecule has 150 valence electrons. The number of hydrogen-bond donors (Lipinski definition) is 2. The maximum absolute atomic E-state index is 5.59. The highest BCUT2D eigenvalue weighted by molar-refractivity contribution is 14.0. The SMILES string of the molecule is CCN(CC)CCCNC(=NC)NCc1coc(-c2ccc(C)cc2)n1.I. The topological polar surface area (TPSA) is 65.7 Å². The Bertz CT molecular complexity index is 680. The highest BCUT2D eigenvalue weighted by Crippen LogP contribution is 2.18. The molecular formula is C20H32IN5O. The van der Waals surface area contributed by atoms with Gasteiger partial charge in [0.1, 0.15) is 6.26 Å². The van der Waals surface area contributed by atoms with E-state index < -0.39 is 0 Å². The van der Waals surface area contributed by atoms with Crippen molar-refractivity contribution in [2.75, 3.05) is 33.2 Å². The summed E-state index contributed by atoms with van der Waals surface area (Å²) in [6, 6.07) is 8.16. The monoisotopic (exact) mass is 485 g/mol. The highest BCUT2D eigenvalue weighted by atomic mass is 127. The molecule has 0 aliphatic carbocycles. The Hall–Kier alpha value is -1.61. The number of benzene rings is 1. The number of guanidine groups is 1. The van der Waals surface area contributed by atoms with Crippen molar-refractivity contribution in [1.82, 2.24) is 20.5 Å². The van der Waals surface area contributed by atoms with E-state index in [9.17, 15) is 0 Å². The van der Waals surface area contributed by atoms with E-state index in [2.05, 4.69) is 58.4 Å². The number of aliphatic imine (C=N–C) groups is 1. The van der Waals surface area contributed by atoms with Crippen molar-refractivity contribution >= 4 is 29.9 Å². The number of halogens is 1. The molecule has 0 aliphatic rings. The van der Waals surface area contributed by atoms with Crippen molar-refractivity contribution in [3.05, 3.63) is 41.8 Å². The normalized spacial score (nSPS) is 11.4. The second kappa shape index (κ2) is 12.7. The van der Waals surface area contributed by atoms with Crippen LogP contribution < -0.4 is 10.6 Å². The van der Waals surface area contributed by atoms with E-state index >= 15 is 0 Å². The van der Waals surface area contributed by atoms with Crippen LogP contribution in [0, 0.1) is 6.92 Å². The minimum Gasteiger partial charge on any atom is -0.444 e. The third kappa shape index (κ3) is 7.88. The largest absolute Gasteiger partial charge is 0.444 e. The molecular weight excluding hydrogens is 453 g/mol. The van der Waals surface area contributed by atoms with Gasteiger partial charge in [-0.2, -0.15) is 0 Å². The average molecular weight is 485 g/mol. The molecule has 0 atom stereocenters. The van der Waals surface area contributed by atoms with E-state index in [1.807, 2.05) is 12.1 Å². The summed E-state index contributed by atoms with van der Waals surface area (Å²) >= 11 is 0. The summed E-state index contributed by atoms with van der Waals surface area (Å²) in [5.41, 5.74) is 3.06. The van der Waals surface area contributed by atoms with Gasteiger partial charge in [-0.1, -0.05) is 31.5 Å². The van der Waals surface area contributed by atoms with E-state index in [0.717, 1.165) is 49.8 Å². The lowest BCUT2D eigenvalue weighted by molar-refractivity contribution is 0.300. The first-order chi connectivity index (χ1) is 12.7. The smallest absolute Gasteiger partial charge is 0.226 e. The summed E-state index contributed by atoms with van der Waals surface area (Å²) in [7, 11) is 1.78. The number of nitrogens with one attached hydrogen (secondary N) is 2. The van der Waals surface area contributed by atoms with Crippen LogP contribution in [-0.4, -0.2) is 49.1 Å². The zero-order valence-electron chi connectivity index (χ0n) is 16.8. The summed E-state index contributed by atoms with van der Waals surface area (Å²) in [5, 5.41) is 6.62. The standard InChI is InChI=1S/C20H31N5O.HI/c1-5-25(6-2)13-7-12-22-20(21-4)23-14-18-15-26-19(24-18)17-10-8-16(3)9-11-17;/h8-11,15H,5-7,12-14H2,1-4H3,(H2,21,22,23);1H. The molecule has 27 heavy (non-hydrogen) atoms. The fourth-order valence-corrected chi connectivity index (χ4v) is 2.66. The Kier molecular flexibility index (Phi) is 11.0. The number of aryl methyl sites for hydroxylation is 1. The Morgan fingerprint density at radius 3 is 2.48 bits per heavy atom. The average Bonchev–Trinajstić information content (AvgIpc) is 3.14. The van der Waals surface area contributed by atoms with E-state index in [4.69, 9.17) is 4.42 Å². The molecule has 2 aromatic rings. The second-order valence-corrected chi connectivity index (χ2v) is 6.24. The lowest BCUT2D eigenvalue weighted by Gasteiger charge is -2.18. The fraction of sp³-hybridized carbons (Fsp3) is 0.500. The molecule has 1 heterocycles. The predicted octanol–water partition coefficient (Wildman–Crippen LogP) is 3.66. The van der Waals surface area contributed by atoms with E-state index in [1.165, 1.54) is 5.56 Å². The Labute approximate surface area is 179 Å². The van der Waals surface area contributed by atoms with Gasteiger partial charge < -0.3 is 20.0 Å². The molecule has 0 saturated heterocycles. The van der Waals surface area contributed by atoms with Gasteiger partial charge in [-0.25, -0.2) is 4.98 Å². The molecule has 0 unspecified atom stereocenters. The molecule has 2 N–H and O–H groups in total. The maximum atomic E-state index is 5.59. The molecule has 1 aromatic carbocycles. The van der Waals surface area contributed by atoms with E-state index in [0.29, 0.717) is 12.4 Å². The van der Waals surface area contributed by atoms with Crippen LogP contribution >= 0.6 is 24.0 Å². The van der Waals surface area contributed by atoms with Gasteiger partial charge in [-0.3, -0.25) is 4.99 Å². The first kappa shape index (κ1) is 23.4. The molecule has 0 saturated carbocycles. The lowest BCUT2D eigenvalue weighted by atomic mass is 10.1. The van der Waals surface area contributed by atoms with Crippen LogP contribution in [0.4, 0.5) is 0 Å². The third-order valence-electron chi connectivity index (χ3n) is 4.35. The second-order valence-electron chi connectivity index (χ2n) is 6.24. The molecule has 6 nitrogen and oxygen atoms in total. The van der Waals surface area contributed by atoms with Crippen molar-refractivity contribution in [2.45, 2.75) is 33.7 Å². The molecule has 0 radical (unpaired) electrons. The van der Waals surface area contributed by atoms with E-state index in [1.54, 1.807) is 13.3 Å². The van der Waals surface area contributed by atoms with Crippen LogP contribution in [-0.2, 0) is 6.54 Å². The van der Waals surface area contributed by atoms with E-state index in [-0.39, 0.29) is 24.0 Å². The molecule has 7 heteroatoms. The molecule has 0 spiro atoms. The summed E-state index contributed by atoms with van der Waals surface area (Å²) < 4.78 is 5.59. The van der Waals surface area contributed by atoms with Crippen LogP contribution in [0.15, 0.2) is 39.9 Å². The Morgan fingerprint density at radius 2 is 1.85 bits per heavy atom. The van der Waals surface area contributed by atoms with Gasteiger partial charge in [0.15, 0.2) is 5.96 Å². The van der Waals surface area contributed by atoms with Crippen molar-refractivity contribution in [2.24, 2.45) is 4.99 Å². The van der Waals surface area contributed by atoms with Gasteiger partial charge in [0, 0.05) is 19.2 Å². The zero-order valence-corrected chi connectivity index (χ0v) is 19.1. The first-order valence-corrected chi connectivity index (χ1v) is 9.34. The van der Waals surface area contributed by atoms with Gasteiger partial charge in [0.25, 0.3) is 0 Å². The van der Waals surface area contributed by atoms with Gasteiger partial charge in [-0.15, -0.1) is 24.0 Å². The molecule has 0 aliphatic heterocycles. The van der Waals surface area contributed by atoms with Crippen LogP contribution in [0.25, 0.3) is 11.5 Å². The Morgan fingerprint density at radius 1 is 1.15 bits per heavy atom. The Balaban J connectivity index is 0.00000364. The zero-order chi connectivity index (χ0) is 18.8. The van der Waals surface area contributed by atoms with Crippen molar-refractivity contribution in [3.63, 3.8) is 0 Å². The summed E-state index contributed by atoms with van der Waals surface area (Å²) in [6.45, 7) is 11.2. The number of rotatable bonds is 9. The molecule has 1 aromatic heterocycles. The maximum Gasteiger partial charge on any atom is 0.226 e. The fourth-order valence-electron chi connectivity index (χ4n) is 2.66. The quantitative estimate of drug-likeness (QED) is 0.246. The molecule has 0 fully saturated rings. The summed E-state index contributed by atoms with van der Waals surface area (Å²) in [5.74, 6) is 1.42. The van der Waals surface area contributed by atoms with Gasteiger partial charge in [0.05, 0.1) is 12.2 Å². The lowest BCUT2D eigenvalue weighted by Crippen LogP contribution is -2.38. The first-order valence-electron chi connectivity index (χ1n) is 9.34. The van der Waals surface area contributed by atoms with Gasteiger partial charge in [-0.05, 0) is 45.1 Å². The number of aromatic nitrogens is 1. The predicted molar refractivity (Wildman–Crippen MR) is 123 cm³/mol. The highest BCUT2D eigenvalue weighted by Gasteiger charge is 2.07. The third-order valence-corrected chi connectivity index (χ3v) is 4.35. The summed E-state index contributed by atoms with van der Waals surface area (Å²) in [4.78, 5) is 11.2. The number of nitrogens with zero attached hydrogens (tertiary/aromatic N) is 3.